The summed E-state index contributed by atoms with van der Waals surface area (Å²) in [5, 5.41) is 11.9. The summed E-state index contributed by atoms with van der Waals surface area (Å²) < 4.78 is 0. The fourth-order valence-electron chi connectivity index (χ4n) is 2.39. The highest BCUT2D eigenvalue weighted by molar-refractivity contribution is 6.49. The lowest BCUT2D eigenvalue weighted by Crippen LogP contribution is -2.08. The maximum atomic E-state index is 12.0. The molecule has 3 nitrogen and oxygen atoms in total. The molecule has 0 heterocycles. The molecular formula is C13H15NO2. The molecular weight excluding hydrogens is 202 g/mol. The highest BCUT2D eigenvalue weighted by Gasteiger charge is 2.31. The minimum Gasteiger partial charge on any atom is -0.411 e. The molecule has 0 amide bonds. The summed E-state index contributed by atoms with van der Waals surface area (Å²) in [5.74, 6) is -0.124. The van der Waals surface area contributed by atoms with Gasteiger partial charge in [0.1, 0.15) is 5.71 Å². The van der Waals surface area contributed by atoms with E-state index in [0.717, 1.165) is 27.8 Å². The van der Waals surface area contributed by atoms with E-state index >= 15 is 0 Å². The van der Waals surface area contributed by atoms with Crippen molar-refractivity contribution in [2.75, 3.05) is 0 Å². The second kappa shape index (κ2) is 3.44. The van der Waals surface area contributed by atoms with E-state index in [1.807, 2.05) is 20.8 Å². The molecule has 0 aliphatic heterocycles. The van der Waals surface area contributed by atoms with Gasteiger partial charge in [-0.2, -0.15) is 0 Å². The van der Waals surface area contributed by atoms with Crippen molar-refractivity contribution in [3.63, 3.8) is 0 Å². The van der Waals surface area contributed by atoms with Gasteiger partial charge in [-0.25, -0.2) is 0 Å². The smallest absolute Gasteiger partial charge is 0.211 e. The third kappa shape index (κ3) is 1.21. The first-order valence-corrected chi connectivity index (χ1v) is 5.33. The molecule has 0 atom stereocenters. The maximum absolute atomic E-state index is 12.0. The highest BCUT2D eigenvalue weighted by Crippen LogP contribution is 2.31. The minimum absolute atomic E-state index is 0.124. The van der Waals surface area contributed by atoms with E-state index in [1.54, 1.807) is 0 Å². The monoisotopic (exact) mass is 217 g/mol. The number of Topliss-reactive ketones (excluding diaryl/α,β-unsaturated/α-hetero) is 1. The molecule has 16 heavy (non-hydrogen) atoms. The third-order valence-electron chi connectivity index (χ3n) is 3.77. The van der Waals surface area contributed by atoms with Crippen LogP contribution in [-0.4, -0.2) is 16.7 Å². The van der Waals surface area contributed by atoms with Crippen molar-refractivity contribution in [1.29, 1.82) is 0 Å². The molecule has 84 valence electrons. The Labute approximate surface area is 94.8 Å². The van der Waals surface area contributed by atoms with Gasteiger partial charge in [0.2, 0.25) is 5.78 Å². The van der Waals surface area contributed by atoms with Crippen LogP contribution in [0.4, 0.5) is 0 Å². The van der Waals surface area contributed by atoms with E-state index in [9.17, 15) is 4.79 Å². The zero-order valence-electron chi connectivity index (χ0n) is 10.0. The Morgan fingerprint density at radius 1 is 1.00 bits per heavy atom. The van der Waals surface area contributed by atoms with Crippen LogP contribution < -0.4 is 0 Å². The number of oxime groups is 1. The second-order valence-corrected chi connectivity index (χ2v) is 4.41. The van der Waals surface area contributed by atoms with E-state index < -0.39 is 0 Å². The van der Waals surface area contributed by atoms with Crippen LogP contribution in [0.5, 0.6) is 0 Å². The number of fused-ring (bicyclic) bond motifs is 1. The molecule has 0 spiro atoms. The fourth-order valence-corrected chi connectivity index (χ4v) is 2.39. The molecule has 0 bridgehead atoms. The van der Waals surface area contributed by atoms with E-state index in [-0.39, 0.29) is 11.5 Å². The Kier molecular flexibility index (Phi) is 2.34. The zero-order valence-corrected chi connectivity index (χ0v) is 10.0. The normalized spacial score (nSPS) is 17.0. The average molecular weight is 217 g/mol. The maximum Gasteiger partial charge on any atom is 0.211 e. The van der Waals surface area contributed by atoms with Crippen LogP contribution in [0.3, 0.4) is 0 Å². The summed E-state index contributed by atoms with van der Waals surface area (Å²) >= 11 is 0. The minimum atomic E-state index is -0.124. The number of hydrogen-bond acceptors (Lipinski definition) is 3. The molecule has 0 saturated carbocycles. The van der Waals surface area contributed by atoms with Crippen molar-refractivity contribution in [2.24, 2.45) is 5.16 Å². The predicted molar refractivity (Wildman–Crippen MR) is 62.6 cm³/mol. The Morgan fingerprint density at radius 3 is 2.12 bits per heavy atom. The molecule has 1 aromatic rings. The van der Waals surface area contributed by atoms with Crippen LogP contribution in [-0.2, 0) is 6.42 Å². The SMILES string of the molecule is Cc1c(C)c(C)c2c(c1C)C/C(=N\O)C2=O. The van der Waals surface area contributed by atoms with Gasteiger partial charge in [0, 0.05) is 12.0 Å². The van der Waals surface area contributed by atoms with E-state index in [4.69, 9.17) is 5.21 Å². The third-order valence-corrected chi connectivity index (χ3v) is 3.77. The standard InChI is InChI=1S/C13H15NO2/c1-6-7(2)9(4)12-10(8(6)3)5-11(14-16)13(12)15/h16H,5H2,1-4H3/b14-11+. The summed E-state index contributed by atoms with van der Waals surface area (Å²) in [6, 6.07) is 0. The van der Waals surface area contributed by atoms with Crippen LogP contribution in [0, 0.1) is 27.7 Å². The summed E-state index contributed by atoms with van der Waals surface area (Å²) in [4.78, 5) is 12.0. The first-order valence-electron chi connectivity index (χ1n) is 5.33. The molecule has 0 fully saturated rings. The lowest BCUT2D eigenvalue weighted by molar-refractivity contribution is 0.106. The van der Waals surface area contributed by atoms with Crippen LogP contribution in [0.25, 0.3) is 0 Å². The van der Waals surface area contributed by atoms with Gasteiger partial charge in [-0.1, -0.05) is 5.16 Å². The topological polar surface area (TPSA) is 49.7 Å². The Bertz CT molecular complexity index is 527. The van der Waals surface area contributed by atoms with Gasteiger partial charge < -0.3 is 5.21 Å². The molecule has 0 radical (unpaired) electrons. The van der Waals surface area contributed by atoms with E-state index in [1.165, 1.54) is 5.56 Å². The molecule has 1 aromatic carbocycles. The molecule has 1 aliphatic rings. The lowest BCUT2D eigenvalue weighted by Gasteiger charge is -2.13. The molecule has 2 rings (SSSR count). The van der Waals surface area contributed by atoms with Crippen LogP contribution in [0.2, 0.25) is 0 Å². The summed E-state index contributed by atoms with van der Waals surface area (Å²) in [6.07, 6.45) is 0.457. The second-order valence-electron chi connectivity index (χ2n) is 4.41. The van der Waals surface area contributed by atoms with Crippen molar-refractivity contribution < 1.29 is 10.0 Å². The molecule has 1 N–H and O–H groups in total. The van der Waals surface area contributed by atoms with Crippen molar-refractivity contribution in [3.05, 3.63) is 33.4 Å². The quantitative estimate of drug-likeness (QED) is 0.536. The number of benzene rings is 1. The summed E-state index contributed by atoms with van der Waals surface area (Å²) in [5.41, 5.74) is 6.57. The first-order chi connectivity index (χ1) is 7.49. The van der Waals surface area contributed by atoms with Gasteiger partial charge in [0.05, 0.1) is 0 Å². The molecule has 1 aliphatic carbocycles. The number of ketones is 1. The Hall–Kier alpha value is -1.64. The van der Waals surface area contributed by atoms with Gasteiger partial charge in [0.15, 0.2) is 0 Å². The predicted octanol–water partition coefficient (Wildman–Crippen LogP) is 2.49. The Morgan fingerprint density at radius 2 is 1.56 bits per heavy atom. The van der Waals surface area contributed by atoms with Crippen molar-refractivity contribution in [1.82, 2.24) is 0 Å². The molecule has 0 aromatic heterocycles. The van der Waals surface area contributed by atoms with Gasteiger partial charge in [0.25, 0.3) is 0 Å². The Balaban J connectivity index is 2.81. The average Bonchev–Trinajstić information content (AvgIpc) is 2.61. The number of rotatable bonds is 0. The zero-order chi connectivity index (χ0) is 12.0. The summed E-state index contributed by atoms with van der Waals surface area (Å²) in [6.45, 7) is 8.07. The van der Waals surface area contributed by atoms with Crippen molar-refractivity contribution >= 4 is 11.5 Å². The molecule has 3 heteroatoms. The number of carbonyl (C=O) groups excluding carboxylic acids is 1. The number of nitrogens with zero attached hydrogens (tertiary/aromatic N) is 1. The van der Waals surface area contributed by atoms with Crippen LogP contribution in [0.1, 0.15) is 38.2 Å². The van der Waals surface area contributed by atoms with Gasteiger partial charge in [-0.3, -0.25) is 4.79 Å². The van der Waals surface area contributed by atoms with Crippen LogP contribution in [0.15, 0.2) is 5.16 Å². The molecule has 0 saturated heterocycles. The van der Waals surface area contributed by atoms with Gasteiger partial charge in [-0.15, -0.1) is 0 Å². The van der Waals surface area contributed by atoms with Gasteiger partial charge >= 0.3 is 0 Å². The van der Waals surface area contributed by atoms with E-state index in [2.05, 4.69) is 12.1 Å². The number of hydrogen-bond donors (Lipinski definition) is 1. The first kappa shape index (κ1) is 10.9. The largest absolute Gasteiger partial charge is 0.411 e. The molecule has 0 unspecified atom stereocenters. The van der Waals surface area contributed by atoms with E-state index in [0.29, 0.717) is 6.42 Å². The van der Waals surface area contributed by atoms with Crippen molar-refractivity contribution in [2.45, 2.75) is 34.1 Å². The summed E-state index contributed by atoms with van der Waals surface area (Å²) in [7, 11) is 0. The fraction of sp³-hybridized carbons (Fsp3) is 0.385. The number of carbonyl (C=O) groups is 1. The van der Waals surface area contributed by atoms with Crippen molar-refractivity contribution in [3.8, 4) is 0 Å². The lowest BCUT2D eigenvalue weighted by atomic mass is 9.90. The van der Waals surface area contributed by atoms with Crippen LogP contribution >= 0.6 is 0 Å². The van der Waals surface area contributed by atoms with Gasteiger partial charge in [-0.05, 0) is 55.5 Å². The highest BCUT2D eigenvalue weighted by atomic mass is 16.4.